The second-order valence-electron chi connectivity index (χ2n) is 14.2. The van der Waals surface area contributed by atoms with Gasteiger partial charge in [0.05, 0.1) is 23.5 Å². The highest BCUT2D eigenvalue weighted by molar-refractivity contribution is 6.49. The maximum absolute atomic E-state index is 12.6. The first-order chi connectivity index (χ1) is 20.7. The lowest BCUT2D eigenvalue weighted by molar-refractivity contribution is -0.149. The van der Waals surface area contributed by atoms with E-state index in [1.807, 2.05) is 0 Å². The number of rotatable bonds is 9. The van der Waals surface area contributed by atoms with Crippen LogP contribution in [0.15, 0.2) is 12.3 Å². The molecule has 0 amide bonds. The molecule has 0 bridgehead atoms. The van der Waals surface area contributed by atoms with Gasteiger partial charge in [-0.05, 0) is 76.4 Å². The van der Waals surface area contributed by atoms with Gasteiger partial charge in [-0.2, -0.15) is 13.2 Å². The highest BCUT2D eigenvalue weighted by Crippen LogP contribution is 2.44. The van der Waals surface area contributed by atoms with Crippen molar-refractivity contribution in [2.75, 3.05) is 42.9 Å². The number of nitrogens with one attached hydrogen (secondary N) is 2. The van der Waals surface area contributed by atoms with Gasteiger partial charge >= 0.3 is 6.18 Å². The SMILES string of the molecule is CCC(C)(C)C1CCC(N2CCC(N3C[C@H](C)N(c4ncc(NC5C(=O)C(=O)C5NCC(F)(F)F)cc4Cl)C[C@H]3C)CC2)C1. The molecule has 6 atom stereocenters. The molecule has 3 heterocycles. The van der Waals surface area contributed by atoms with Crippen LogP contribution < -0.4 is 15.5 Å². The molecule has 1 aromatic rings. The minimum atomic E-state index is -4.49. The summed E-state index contributed by atoms with van der Waals surface area (Å²) < 4.78 is 37.9. The highest BCUT2D eigenvalue weighted by atomic mass is 35.5. The number of piperazine rings is 1. The number of Topliss-reactive ketones (excluding diaryl/α,β-unsaturated/α-hetero) is 2. The Morgan fingerprint density at radius 3 is 2.30 bits per heavy atom. The first-order valence-corrected chi connectivity index (χ1v) is 16.6. The minimum absolute atomic E-state index is 0.182. The number of aromatic nitrogens is 1. The third-order valence-corrected chi connectivity index (χ3v) is 11.3. The zero-order chi connectivity index (χ0) is 32.0. The van der Waals surface area contributed by atoms with Crippen LogP contribution in [0.5, 0.6) is 0 Å². The average Bonchev–Trinajstić information content (AvgIpc) is 3.49. The summed E-state index contributed by atoms with van der Waals surface area (Å²) in [7, 11) is 0. The molecule has 2 aliphatic carbocycles. The molecular formula is C32H48ClF3N6O2. The summed E-state index contributed by atoms with van der Waals surface area (Å²) in [5.74, 6) is -0.157. The molecule has 1 aromatic heterocycles. The number of carbonyl (C=O) groups is 2. The lowest BCUT2D eigenvalue weighted by Gasteiger charge is -2.50. The second kappa shape index (κ2) is 13.0. The fourth-order valence-electron chi connectivity index (χ4n) is 7.83. The predicted octanol–water partition coefficient (Wildman–Crippen LogP) is 5.16. The largest absolute Gasteiger partial charge is 0.401 e. The molecule has 2 N–H and O–H groups in total. The topological polar surface area (TPSA) is 80.8 Å². The monoisotopic (exact) mass is 640 g/mol. The Morgan fingerprint density at radius 2 is 1.66 bits per heavy atom. The smallest absolute Gasteiger partial charge is 0.372 e. The lowest BCUT2D eigenvalue weighted by Crippen LogP contribution is -2.67. The van der Waals surface area contributed by atoms with E-state index in [0.717, 1.165) is 25.0 Å². The minimum Gasteiger partial charge on any atom is -0.372 e. The molecule has 8 nitrogen and oxygen atoms in total. The fourth-order valence-corrected chi connectivity index (χ4v) is 8.10. The van der Waals surface area contributed by atoms with Crippen LogP contribution in [-0.4, -0.2) is 102 Å². The number of hydrogen-bond donors (Lipinski definition) is 2. The van der Waals surface area contributed by atoms with Crippen LogP contribution in [0.25, 0.3) is 0 Å². The first kappa shape index (κ1) is 33.4. The Balaban J connectivity index is 1.14. The van der Waals surface area contributed by atoms with E-state index in [-0.39, 0.29) is 6.04 Å². The highest BCUT2D eigenvalue weighted by Gasteiger charge is 2.50. The van der Waals surface area contributed by atoms with E-state index in [0.29, 0.717) is 34.0 Å². The zero-order valence-corrected chi connectivity index (χ0v) is 27.3. The Labute approximate surface area is 264 Å². The van der Waals surface area contributed by atoms with Gasteiger partial charge < -0.3 is 15.1 Å². The van der Waals surface area contributed by atoms with E-state index >= 15 is 0 Å². The van der Waals surface area contributed by atoms with Crippen molar-refractivity contribution < 1.29 is 22.8 Å². The van der Waals surface area contributed by atoms with Crippen molar-refractivity contribution in [3.05, 3.63) is 17.3 Å². The van der Waals surface area contributed by atoms with Crippen LogP contribution in [0, 0.1) is 11.3 Å². The van der Waals surface area contributed by atoms with Crippen LogP contribution in [0.3, 0.4) is 0 Å². The van der Waals surface area contributed by atoms with Gasteiger partial charge in [-0.3, -0.25) is 19.8 Å². The molecule has 4 fully saturated rings. The van der Waals surface area contributed by atoms with Crippen molar-refractivity contribution in [2.24, 2.45) is 11.3 Å². The third-order valence-electron chi connectivity index (χ3n) is 11.0. The van der Waals surface area contributed by atoms with E-state index in [2.05, 4.69) is 64.9 Å². The molecule has 2 aliphatic heterocycles. The first-order valence-electron chi connectivity index (χ1n) is 16.2. The van der Waals surface area contributed by atoms with E-state index in [4.69, 9.17) is 11.6 Å². The number of alkyl halides is 3. The summed E-state index contributed by atoms with van der Waals surface area (Å²) in [6, 6.07) is 1.07. The van der Waals surface area contributed by atoms with Crippen LogP contribution in [0.2, 0.25) is 5.02 Å². The third kappa shape index (κ3) is 7.05. The van der Waals surface area contributed by atoms with Gasteiger partial charge in [0.15, 0.2) is 0 Å². The maximum atomic E-state index is 12.6. The molecule has 0 radical (unpaired) electrons. The predicted molar refractivity (Wildman–Crippen MR) is 167 cm³/mol. The summed E-state index contributed by atoms with van der Waals surface area (Å²) >= 11 is 6.67. The number of pyridine rings is 1. The second-order valence-corrected chi connectivity index (χ2v) is 14.6. The molecule has 44 heavy (non-hydrogen) atoms. The summed E-state index contributed by atoms with van der Waals surface area (Å²) in [5.41, 5.74) is 0.810. The number of ketones is 2. The molecule has 0 aromatic carbocycles. The van der Waals surface area contributed by atoms with Gasteiger partial charge in [0.2, 0.25) is 11.6 Å². The van der Waals surface area contributed by atoms with Gasteiger partial charge in [0.25, 0.3) is 0 Å². The van der Waals surface area contributed by atoms with Gasteiger partial charge in [-0.1, -0.05) is 38.8 Å². The number of halogens is 4. The fraction of sp³-hybridized carbons (Fsp3) is 0.781. The quantitative estimate of drug-likeness (QED) is 0.359. The summed E-state index contributed by atoms with van der Waals surface area (Å²) in [5, 5.41) is 5.36. The lowest BCUT2D eigenvalue weighted by atomic mass is 9.76. The van der Waals surface area contributed by atoms with Crippen molar-refractivity contribution >= 4 is 34.7 Å². The van der Waals surface area contributed by atoms with Crippen molar-refractivity contribution in [1.82, 2.24) is 20.1 Å². The van der Waals surface area contributed by atoms with Gasteiger partial charge in [-0.25, -0.2) is 4.98 Å². The van der Waals surface area contributed by atoms with Crippen molar-refractivity contribution in [3.8, 4) is 0 Å². The Bertz CT molecular complexity index is 1210. The molecule has 4 aliphatic rings. The zero-order valence-electron chi connectivity index (χ0n) is 26.6. The number of nitrogens with zero attached hydrogens (tertiary/aromatic N) is 4. The van der Waals surface area contributed by atoms with Crippen molar-refractivity contribution in [3.63, 3.8) is 0 Å². The molecular weight excluding hydrogens is 593 g/mol. The number of anilines is 2. The number of carbonyl (C=O) groups excluding carboxylic acids is 2. The van der Waals surface area contributed by atoms with E-state index in [9.17, 15) is 22.8 Å². The average molecular weight is 641 g/mol. The summed E-state index contributed by atoms with van der Waals surface area (Å²) in [6.07, 6.45) is 4.68. The van der Waals surface area contributed by atoms with Crippen molar-refractivity contribution in [2.45, 2.75) is 116 Å². The van der Waals surface area contributed by atoms with Crippen LogP contribution in [0.4, 0.5) is 24.7 Å². The number of piperidine rings is 1. The van der Waals surface area contributed by atoms with Crippen molar-refractivity contribution in [1.29, 1.82) is 0 Å². The Kier molecular flexibility index (Phi) is 9.91. The summed E-state index contributed by atoms with van der Waals surface area (Å²) in [4.78, 5) is 36.2. The van der Waals surface area contributed by atoms with Gasteiger partial charge in [-0.15, -0.1) is 0 Å². The normalized spacial score (nSPS) is 31.4. The van der Waals surface area contributed by atoms with E-state index < -0.39 is 36.4 Å². The van der Waals surface area contributed by atoms with Crippen LogP contribution in [-0.2, 0) is 9.59 Å². The molecule has 2 saturated carbocycles. The van der Waals surface area contributed by atoms with E-state index in [1.165, 1.54) is 57.8 Å². The molecule has 0 spiro atoms. The molecule has 4 unspecified atom stereocenters. The molecule has 5 rings (SSSR count). The number of likely N-dealkylation sites (tertiary alicyclic amines) is 1. The Hall–Kier alpha value is -1.95. The van der Waals surface area contributed by atoms with Gasteiger partial charge in [0.1, 0.15) is 17.9 Å². The van der Waals surface area contributed by atoms with Crippen LogP contribution >= 0.6 is 11.6 Å². The Morgan fingerprint density at radius 1 is 0.977 bits per heavy atom. The molecule has 12 heteroatoms. The molecule has 2 saturated heterocycles. The number of hydrogen-bond acceptors (Lipinski definition) is 8. The maximum Gasteiger partial charge on any atom is 0.401 e. The summed E-state index contributed by atoms with van der Waals surface area (Å²) in [6.45, 7) is 14.3. The van der Waals surface area contributed by atoms with E-state index in [1.54, 1.807) is 6.07 Å². The van der Waals surface area contributed by atoms with Gasteiger partial charge in [0, 0.05) is 37.3 Å². The molecule has 246 valence electrons. The standard InChI is InChI=1S/C32H48ClF3N6O2/c1-6-31(4,5)21-7-8-24(13-21)40-11-9-23(10-12-40)41-16-20(3)42(17-19(41)2)30-25(33)14-22(15-37-30)39-27-26(28(43)29(27)44)38-18-32(34,35)36/h14-15,19-21,23-24,26-27,38-39H,6-13,16-18H2,1-5H3/t19-,20+,21?,24?,26?,27?/m1/s1. The van der Waals surface area contributed by atoms with Crippen LogP contribution in [0.1, 0.15) is 73.1 Å².